The van der Waals surface area contributed by atoms with E-state index in [1.807, 2.05) is 0 Å². The molecule has 3 aromatic rings. The van der Waals surface area contributed by atoms with Gasteiger partial charge in [-0.2, -0.15) is 0 Å². The van der Waals surface area contributed by atoms with Crippen LogP contribution in [0.2, 0.25) is 0 Å². The molecule has 0 N–H and O–H groups in total. The Hall–Kier alpha value is -1.78. The summed E-state index contributed by atoms with van der Waals surface area (Å²) in [6.07, 6.45) is 7.12. The third kappa shape index (κ3) is 4.79. The number of hydrogen-bond acceptors (Lipinski definition) is 0. The van der Waals surface area contributed by atoms with E-state index in [0.717, 1.165) is 0 Å². The summed E-state index contributed by atoms with van der Waals surface area (Å²) in [6.45, 7) is 6.89. The van der Waals surface area contributed by atoms with Crippen molar-refractivity contribution < 1.29 is 0 Å². The molecule has 0 radical (unpaired) electrons. The van der Waals surface area contributed by atoms with Crippen LogP contribution in [0.15, 0.2) is 72.8 Å². The van der Waals surface area contributed by atoms with E-state index in [9.17, 15) is 0 Å². The molecule has 0 aliphatic carbocycles. The van der Waals surface area contributed by atoms with Crippen LogP contribution in [-0.2, 0) is 19.3 Å². The minimum atomic E-state index is -1.61. The second-order valence-electron chi connectivity index (χ2n) is 7.47. The van der Waals surface area contributed by atoms with Crippen molar-refractivity contribution in [3.05, 3.63) is 89.5 Å². The molecular weight excluding hydrogens is 399 g/mol. The quantitative estimate of drug-likeness (QED) is 0.415. The molecule has 0 aromatic heterocycles. The van der Waals surface area contributed by atoms with Gasteiger partial charge in [-0.25, -0.2) is 0 Å². The first-order valence-corrected chi connectivity index (χ1v) is 13.6. The molecule has 0 heterocycles. The molecule has 0 aliphatic rings. The van der Waals surface area contributed by atoms with Gasteiger partial charge in [-0.3, -0.25) is 0 Å². The first-order chi connectivity index (χ1) is 13.8. The Kier molecular flexibility index (Phi) is 7.99. The van der Waals surface area contributed by atoms with E-state index in [1.54, 1.807) is 29.7 Å². The summed E-state index contributed by atoms with van der Waals surface area (Å²) in [5.41, 5.74) is 4.67. The van der Waals surface area contributed by atoms with Gasteiger partial charge >= 0.3 is 176 Å². The Morgan fingerprint density at radius 2 is 0.750 bits per heavy atom. The Balaban J connectivity index is 2.25. The first kappa shape index (κ1) is 20.9. The van der Waals surface area contributed by atoms with E-state index in [4.69, 9.17) is 0 Å². The molecule has 0 atom stereocenters. The summed E-state index contributed by atoms with van der Waals surface area (Å²) >= 11 is -1.61. The number of rotatable bonds is 9. The van der Waals surface area contributed by atoms with Gasteiger partial charge in [-0.05, 0) is 0 Å². The zero-order valence-electron chi connectivity index (χ0n) is 17.6. The molecule has 0 bridgehead atoms. The van der Waals surface area contributed by atoms with E-state index >= 15 is 0 Å². The number of aryl methyl sites for hydroxylation is 3. The Morgan fingerprint density at radius 3 is 1.04 bits per heavy atom. The van der Waals surface area contributed by atoms with Crippen LogP contribution in [0, 0.1) is 0 Å². The van der Waals surface area contributed by atoms with E-state index in [-0.39, 0.29) is 0 Å². The number of hydrogen-bond donors (Lipinski definition) is 0. The van der Waals surface area contributed by atoms with Crippen LogP contribution in [0.5, 0.6) is 0 Å². The molecule has 0 aliphatic heterocycles. The predicted molar refractivity (Wildman–Crippen MR) is 126 cm³/mol. The van der Waals surface area contributed by atoms with Crippen LogP contribution in [0.25, 0.3) is 0 Å². The second-order valence-corrected chi connectivity index (χ2v) is 11.9. The van der Waals surface area contributed by atoms with Crippen molar-refractivity contribution >= 4 is 27.7 Å². The van der Waals surface area contributed by atoms with Gasteiger partial charge < -0.3 is 0 Å². The van der Waals surface area contributed by atoms with Gasteiger partial charge in [0.2, 0.25) is 0 Å². The molecule has 0 unspecified atom stereocenters. The molecule has 0 saturated carbocycles. The Labute approximate surface area is 176 Å². The van der Waals surface area contributed by atoms with Crippen LogP contribution in [0.4, 0.5) is 0 Å². The molecule has 0 amide bonds. The molecule has 146 valence electrons. The van der Waals surface area contributed by atoms with E-state index < -0.39 is 14.7 Å². The van der Waals surface area contributed by atoms with E-state index in [2.05, 4.69) is 93.6 Å². The molecule has 0 fully saturated rings. The second kappa shape index (κ2) is 10.7. The Morgan fingerprint density at radius 1 is 0.464 bits per heavy atom. The molecule has 0 saturated heterocycles. The summed E-state index contributed by atoms with van der Waals surface area (Å²) in [4.78, 5) is 0. The summed E-state index contributed by atoms with van der Waals surface area (Å²) in [7, 11) is 0. The molecule has 28 heavy (non-hydrogen) atoms. The molecule has 3 rings (SSSR count). The Bertz CT molecular complexity index is 763. The standard InChI is InChI=1S/C27H33As/c1-4-13-22-16-7-10-19-25(22)28(26-20-11-8-17-23(26)14-5-2)27-21-12-9-18-24(27)15-6-3/h7-12,16-21H,4-6,13-15H2,1-3H3. The van der Waals surface area contributed by atoms with Gasteiger partial charge in [-0.15, -0.1) is 0 Å². The molecule has 0 nitrogen and oxygen atoms in total. The zero-order valence-corrected chi connectivity index (χ0v) is 19.5. The van der Waals surface area contributed by atoms with E-state index in [1.165, 1.54) is 38.5 Å². The topological polar surface area (TPSA) is 0 Å². The maximum atomic E-state index is 2.43. The van der Waals surface area contributed by atoms with Crippen LogP contribution in [0.1, 0.15) is 56.7 Å². The monoisotopic (exact) mass is 432 g/mol. The van der Waals surface area contributed by atoms with Crippen molar-refractivity contribution in [2.75, 3.05) is 0 Å². The van der Waals surface area contributed by atoms with Crippen LogP contribution in [0.3, 0.4) is 0 Å². The fourth-order valence-electron chi connectivity index (χ4n) is 4.02. The fourth-order valence-corrected chi connectivity index (χ4v) is 10.1. The van der Waals surface area contributed by atoms with Crippen LogP contribution < -0.4 is 13.1 Å². The average Bonchev–Trinajstić information content (AvgIpc) is 2.72. The average molecular weight is 432 g/mol. The fraction of sp³-hybridized carbons (Fsp3) is 0.333. The summed E-state index contributed by atoms with van der Waals surface area (Å²) < 4.78 is 4.89. The number of benzene rings is 3. The summed E-state index contributed by atoms with van der Waals surface area (Å²) in [5, 5.41) is 0. The summed E-state index contributed by atoms with van der Waals surface area (Å²) in [5.74, 6) is 0. The van der Waals surface area contributed by atoms with Gasteiger partial charge in [0, 0.05) is 0 Å². The maximum absolute atomic E-state index is 2.43. The van der Waals surface area contributed by atoms with Crippen molar-refractivity contribution in [2.24, 2.45) is 0 Å². The molecule has 3 aromatic carbocycles. The van der Waals surface area contributed by atoms with Crippen molar-refractivity contribution in [3.63, 3.8) is 0 Å². The third-order valence-electron chi connectivity index (χ3n) is 5.26. The van der Waals surface area contributed by atoms with Crippen molar-refractivity contribution in [1.82, 2.24) is 0 Å². The van der Waals surface area contributed by atoms with Gasteiger partial charge in [0.05, 0.1) is 0 Å². The zero-order chi connectivity index (χ0) is 19.8. The van der Waals surface area contributed by atoms with Gasteiger partial charge in [0.15, 0.2) is 0 Å². The molecule has 0 spiro atoms. The van der Waals surface area contributed by atoms with Gasteiger partial charge in [0.1, 0.15) is 0 Å². The minimum absolute atomic E-state index is 1.17. The molecule has 1 heteroatoms. The van der Waals surface area contributed by atoms with Crippen molar-refractivity contribution in [3.8, 4) is 0 Å². The first-order valence-electron chi connectivity index (χ1n) is 10.8. The van der Waals surface area contributed by atoms with Crippen LogP contribution in [-0.4, -0.2) is 14.7 Å². The third-order valence-corrected chi connectivity index (χ3v) is 11.0. The SMILES string of the molecule is CCCc1ccccc1[As](c1ccccc1CCC)c1ccccc1CCC. The van der Waals surface area contributed by atoms with Gasteiger partial charge in [0.25, 0.3) is 0 Å². The van der Waals surface area contributed by atoms with Crippen molar-refractivity contribution in [1.29, 1.82) is 0 Å². The normalized spacial score (nSPS) is 11.1. The van der Waals surface area contributed by atoms with Gasteiger partial charge in [-0.1, -0.05) is 0 Å². The van der Waals surface area contributed by atoms with Crippen LogP contribution >= 0.6 is 0 Å². The van der Waals surface area contributed by atoms with Crippen molar-refractivity contribution in [2.45, 2.75) is 59.3 Å². The summed E-state index contributed by atoms with van der Waals surface area (Å²) in [6, 6.07) is 27.8. The molecular formula is C27H33As. The van der Waals surface area contributed by atoms with E-state index in [0.29, 0.717) is 0 Å². The predicted octanol–water partition coefficient (Wildman–Crippen LogP) is 5.06.